The Hall–Kier alpha value is -0.460. The predicted molar refractivity (Wildman–Crippen MR) is 74.0 cm³/mol. The van der Waals surface area contributed by atoms with Crippen LogP contribution in [0, 0.1) is 0 Å². The molecule has 0 saturated carbocycles. The Morgan fingerprint density at radius 3 is 2.39 bits per heavy atom. The predicted octanol–water partition coefficient (Wildman–Crippen LogP) is 1.31. The van der Waals surface area contributed by atoms with Gasteiger partial charge in [-0.2, -0.15) is 0 Å². The van der Waals surface area contributed by atoms with Crippen LogP contribution in [0.25, 0.3) is 0 Å². The summed E-state index contributed by atoms with van der Waals surface area (Å²) in [4.78, 5) is 5.20. The molecule has 102 valence electrons. The van der Waals surface area contributed by atoms with Gasteiger partial charge in [0.15, 0.2) is 0 Å². The van der Waals surface area contributed by atoms with Crippen LogP contribution in [0.4, 0.5) is 0 Å². The lowest BCUT2D eigenvalue weighted by Gasteiger charge is -2.13. The smallest absolute Gasteiger partial charge is 0.0971 e. The fraction of sp³-hybridized carbons (Fsp3) is 0.692. The third-order valence-corrected chi connectivity index (χ3v) is 4.41. The number of rotatable bonds is 6. The maximum absolute atomic E-state index is 5.45. The fourth-order valence-corrected chi connectivity index (χ4v) is 3.47. The molecule has 1 N–H and O–H groups in total. The van der Waals surface area contributed by atoms with Crippen molar-refractivity contribution in [1.29, 1.82) is 0 Å². The average molecular weight is 270 g/mol. The number of likely N-dealkylation sites (tertiary alicyclic amines) is 1. The van der Waals surface area contributed by atoms with Gasteiger partial charge in [0.2, 0.25) is 0 Å². The molecule has 1 fully saturated rings. The van der Waals surface area contributed by atoms with Crippen LogP contribution in [0.1, 0.15) is 9.75 Å². The molecule has 2 atom stereocenters. The van der Waals surface area contributed by atoms with Crippen molar-refractivity contribution < 1.29 is 9.47 Å². The summed E-state index contributed by atoms with van der Waals surface area (Å²) in [5.74, 6) is 0. The van der Waals surface area contributed by atoms with Crippen molar-refractivity contribution in [1.82, 2.24) is 10.2 Å². The summed E-state index contributed by atoms with van der Waals surface area (Å²) in [6.45, 7) is 3.85. The first kappa shape index (κ1) is 14.0. The normalized spacial score (nSPS) is 24.8. The second kappa shape index (κ2) is 6.63. The summed E-state index contributed by atoms with van der Waals surface area (Å²) in [7, 11) is 5.50. The molecule has 2 rings (SSSR count). The molecule has 1 aliphatic heterocycles. The van der Waals surface area contributed by atoms with E-state index in [-0.39, 0.29) is 12.2 Å². The first-order valence-corrected chi connectivity index (χ1v) is 7.08. The molecule has 0 bridgehead atoms. The van der Waals surface area contributed by atoms with Crippen molar-refractivity contribution >= 4 is 11.3 Å². The zero-order valence-electron chi connectivity index (χ0n) is 11.3. The van der Waals surface area contributed by atoms with Crippen molar-refractivity contribution in [2.75, 3.05) is 34.4 Å². The van der Waals surface area contributed by atoms with Gasteiger partial charge < -0.3 is 14.8 Å². The Labute approximate surface area is 113 Å². The van der Waals surface area contributed by atoms with Crippen LogP contribution in [-0.4, -0.2) is 51.5 Å². The molecule has 0 spiro atoms. The van der Waals surface area contributed by atoms with Crippen LogP contribution in [0.2, 0.25) is 0 Å². The maximum atomic E-state index is 5.45. The summed E-state index contributed by atoms with van der Waals surface area (Å²) < 4.78 is 10.9. The van der Waals surface area contributed by atoms with Crippen molar-refractivity contribution in [2.24, 2.45) is 0 Å². The highest BCUT2D eigenvalue weighted by Crippen LogP contribution is 2.22. The van der Waals surface area contributed by atoms with Crippen LogP contribution >= 0.6 is 11.3 Å². The molecule has 0 radical (unpaired) electrons. The van der Waals surface area contributed by atoms with Crippen LogP contribution in [-0.2, 0) is 22.6 Å². The average Bonchev–Trinajstić information content (AvgIpc) is 2.97. The summed E-state index contributed by atoms with van der Waals surface area (Å²) >= 11 is 1.88. The number of thiophene rings is 1. The van der Waals surface area contributed by atoms with Crippen LogP contribution < -0.4 is 5.32 Å². The molecule has 2 unspecified atom stereocenters. The number of hydrogen-bond acceptors (Lipinski definition) is 5. The van der Waals surface area contributed by atoms with E-state index >= 15 is 0 Å². The lowest BCUT2D eigenvalue weighted by Crippen LogP contribution is -2.27. The van der Waals surface area contributed by atoms with E-state index < -0.39 is 0 Å². The molecular formula is C13H22N2O2S. The minimum Gasteiger partial charge on any atom is -0.377 e. The Morgan fingerprint density at radius 2 is 1.83 bits per heavy atom. The molecule has 5 heteroatoms. The Morgan fingerprint density at radius 1 is 1.22 bits per heavy atom. The lowest BCUT2D eigenvalue weighted by molar-refractivity contribution is -0.00461. The zero-order chi connectivity index (χ0) is 13.0. The van der Waals surface area contributed by atoms with Gasteiger partial charge in [0.05, 0.1) is 12.2 Å². The van der Waals surface area contributed by atoms with E-state index in [2.05, 4.69) is 22.3 Å². The summed E-state index contributed by atoms with van der Waals surface area (Å²) in [5, 5.41) is 3.18. The highest BCUT2D eigenvalue weighted by Gasteiger charge is 2.32. The minimum atomic E-state index is 0.201. The van der Waals surface area contributed by atoms with Crippen molar-refractivity contribution in [3.05, 3.63) is 21.9 Å². The second-order valence-corrected chi connectivity index (χ2v) is 5.89. The summed E-state index contributed by atoms with van der Waals surface area (Å²) in [6, 6.07) is 4.42. The molecular weight excluding hydrogens is 248 g/mol. The highest BCUT2D eigenvalue weighted by molar-refractivity contribution is 7.11. The van der Waals surface area contributed by atoms with Gasteiger partial charge in [-0.25, -0.2) is 0 Å². The van der Waals surface area contributed by atoms with Crippen molar-refractivity contribution in [3.8, 4) is 0 Å². The van der Waals surface area contributed by atoms with E-state index in [4.69, 9.17) is 9.47 Å². The molecule has 1 aromatic heterocycles. The number of nitrogens with one attached hydrogen (secondary N) is 1. The van der Waals surface area contributed by atoms with Gasteiger partial charge >= 0.3 is 0 Å². The first-order valence-electron chi connectivity index (χ1n) is 6.27. The molecule has 18 heavy (non-hydrogen) atoms. The van der Waals surface area contributed by atoms with Gasteiger partial charge in [-0.3, -0.25) is 4.90 Å². The monoisotopic (exact) mass is 270 g/mol. The molecule has 0 amide bonds. The number of nitrogens with zero attached hydrogens (tertiary/aromatic N) is 1. The van der Waals surface area contributed by atoms with E-state index in [0.717, 1.165) is 26.2 Å². The molecule has 4 nitrogen and oxygen atoms in total. The van der Waals surface area contributed by atoms with Gasteiger partial charge in [-0.1, -0.05) is 0 Å². The zero-order valence-corrected chi connectivity index (χ0v) is 12.1. The second-order valence-electron chi connectivity index (χ2n) is 4.64. The molecule has 1 aromatic rings. The van der Waals surface area contributed by atoms with Crippen LogP contribution in [0.15, 0.2) is 12.1 Å². The summed E-state index contributed by atoms with van der Waals surface area (Å²) in [6.07, 6.45) is 0.401. The largest absolute Gasteiger partial charge is 0.377 e. The van der Waals surface area contributed by atoms with E-state index in [1.807, 2.05) is 18.4 Å². The van der Waals surface area contributed by atoms with Crippen LogP contribution in [0.3, 0.4) is 0 Å². The Bertz CT molecular complexity index is 358. The molecule has 0 aromatic carbocycles. The Kier molecular flexibility index (Phi) is 5.14. The number of methoxy groups -OCH3 is 2. The number of ether oxygens (including phenoxy) is 2. The van der Waals surface area contributed by atoms with Gasteiger partial charge in [-0.05, 0) is 19.2 Å². The van der Waals surface area contributed by atoms with Gasteiger partial charge in [-0.15, -0.1) is 11.3 Å². The Balaban J connectivity index is 1.89. The SMILES string of the molecule is CNCc1ccc(CN2CC(OC)C(OC)C2)s1. The maximum Gasteiger partial charge on any atom is 0.0971 e. The van der Waals surface area contributed by atoms with E-state index in [1.54, 1.807) is 14.2 Å². The lowest BCUT2D eigenvalue weighted by atomic mass is 10.3. The summed E-state index contributed by atoms with van der Waals surface area (Å²) in [5.41, 5.74) is 0. The van der Waals surface area contributed by atoms with E-state index in [1.165, 1.54) is 9.75 Å². The van der Waals surface area contributed by atoms with Gasteiger partial charge in [0.25, 0.3) is 0 Å². The van der Waals surface area contributed by atoms with Crippen molar-refractivity contribution in [3.63, 3.8) is 0 Å². The minimum absolute atomic E-state index is 0.201. The van der Waals surface area contributed by atoms with Crippen LogP contribution in [0.5, 0.6) is 0 Å². The fourth-order valence-electron chi connectivity index (χ4n) is 2.40. The van der Waals surface area contributed by atoms with E-state index in [0.29, 0.717) is 0 Å². The van der Waals surface area contributed by atoms with E-state index in [9.17, 15) is 0 Å². The van der Waals surface area contributed by atoms with Gasteiger partial charge in [0, 0.05) is 50.2 Å². The first-order chi connectivity index (χ1) is 8.76. The van der Waals surface area contributed by atoms with Crippen molar-refractivity contribution in [2.45, 2.75) is 25.3 Å². The standard InChI is InChI=1S/C13H22N2O2S/c1-14-6-10-4-5-11(18-10)7-15-8-12(16-2)13(9-15)17-3/h4-5,12-14H,6-9H2,1-3H3. The number of hydrogen-bond donors (Lipinski definition) is 1. The van der Waals surface area contributed by atoms with Gasteiger partial charge in [0.1, 0.15) is 0 Å². The quantitative estimate of drug-likeness (QED) is 0.845. The molecule has 1 saturated heterocycles. The molecule has 1 aliphatic rings. The highest BCUT2D eigenvalue weighted by atomic mass is 32.1. The third kappa shape index (κ3) is 3.30. The molecule has 2 heterocycles. The third-order valence-electron chi connectivity index (χ3n) is 3.34. The topological polar surface area (TPSA) is 33.7 Å². The molecule has 0 aliphatic carbocycles.